The summed E-state index contributed by atoms with van der Waals surface area (Å²) in [5.74, 6) is 0.509. The molecule has 93 heavy (non-hydrogen) atoms. The minimum absolute atomic E-state index is 0. The van der Waals surface area contributed by atoms with Crippen LogP contribution in [0.1, 0.15) is 135 Å². The van der Waals surface area contributed by atoms with Crippen molar-refractivity contribution < 1.29 is 57.0 Å². The van der Waals surface area contributed by atoms with Crippen LogP contribution in [-0.2, 0) is 53.0 Å². The summed E-state index contributed by atoms with van der Waals surface area (Å²) < 4.78 is 54.4. The molecular weight excluding hydrogens is 1500 g/mol. The molecule has 0 aromatic heterocycles. The van der Waals surface area contributed by atoms with Crippen molar-refractivity contribution in [3.8, 4) is 17.2 Å². The maximum atomic E-state index is 13.0. The molecule has 0 bridgehead atoms. The van der Waals surface area contributed by atoms with E-state index in [1.165, 1.54) is 54.8 Å². The summed E-state index contributed by atoms with van der Waals surface area (Å²) in [5.41, 5.74) is 7.92. The molecular formula is C76H92O12Se5. The van der Waals surface area contributed by atoms with E-state index in [-0.39, 0.29) is 94.3 Å². The Kier molecular flexibility index (Phi) is 40.2. The van der Waals surface area contributed by atoms with Gasteiger partial charge in [0, 0.05) is 7.11 Å². The first kappa shape index (κ1) is 79.5. The van der Waals surface area contributed by atoms with Crippen molar-refractivity contribution in [1.82, 2.24) is 0 Å². The number of rotatable bonds is 32. The molecule has 17 heteroatoms. The molecule has 0 atom stereocenters. The fraction of sp³-hybridized carbons (Fsp3) is 0.329. The van der Waals surface area contributed by atoms with Crippen LogP contribution in [-0.4, -0.2) is 152 Å². The molecule has 12 nitrogen and oxygen atoms in total. The van der Waals surface area contributed by atoms with Gasteiger partial charge in [-0.05, 0) is 37.0 Å². The van der Waals surface area contributed by atoms with Crippen LogP contribution < -0.4 is 36.5 Å². The Balaban J connectivity index is 0.000000275. The van der Waals surface area contributed by atoms with E-state index in [4.69, 9.17) is 42.6 Å². The van der Waals surface area contributed by atoms with E-state index in [0.717, 1.165) is 85.4 Å². The van der Waals surface area contributed by atoms with Gasteiger partial charge in [0.25, 0.3) is 0 Å². The average Bonchev–Trinajstić information content (AvgIpc) is 0.822. The van der Waals surface area contributed by atoms with Gasteiger partial charge in [-0.15, -0.1) is 0 Å². The summed E-state index contributed by atoms with van der Waals surface area (Å²) in [6, 6.07) is 65.2. The number of carbonyl (C=O) groups excluding carboxylic acids is 3. The first-order chi connectivity index (χ1) is 44.9. The Bertz CT molecular complexity index is 3300. The Morgan fingerprint density at radius 3 is 1.12 bits per heavy atom. The predicted octanol–water partition coefficient (Wildman–Crippen LogP) is 11.9. The molecule has 0 aliphatic carbocycles. The fourth-order valence-corrected chi connectivity index (χ4v) is 23.6. The average molecular weight is 1590 g/mol. The molecule has 0 amide bonds. The van der Waals surface area contributed by atoms with E-state index in [9.17, 15) is 14.4 Å². The van der Waals surface area contributed by atoms with Gasteiger partial charge in [-0.25, -0.2) is 4.79 Å². The van der Waals surface area contributed by atoms with Crippen molar-refractivity contribution in [2.75, 3.05) is 63.0 Å². The van der Waals surface area contributed by atoms with Crippen LogP contribution in [0, 0.1) is 6.92 Å². The van der Waals surface area contributed by atoms with Gasteiger partial charge in [-0.1, -0.05) is 26.8 Å². The van der Waals surface area contributed by atoms with Gasteiger partial charge >= 0.3 is 474 Å². The number of hydrogen-bond donors (Lipinski definition) is 0. The van der Waals surface area contributed by atoms with E-state index >= 15 is 0 Å². The van der Waals surface area contributed by atoms with Gasteiger partial charge in [0.15, 0.2) is 6.79 Å². The topological polar surface area (TPSA) is 134 Å². The molecule has 0 saturated carbocycles. The normalized spacial score (nSPS) is 10.4. The van der Waals surface area contributed by atoms with Crippen molar-refractivity contribution in [2.45, 2.75) is 102 Å². The number of aryl methyl sites for hydroxylation is 4. The third-order valence-corrected chi connectivity index (χ3v) is 29.3. The number of carbonyl (C=O) groups is 3. The fourth-order valence-electron chi connectivity index (χ4n) is 8.98. The molecule has 0 aliphatic rings. The van der Waals surface area contributed by atoms with E-state index in [1.807, 2.05) is 61.5 Å². The van der Waals surface area contributed by atoms with Crippen LogP contribution in [0.25, 0.3) is 0 Å². The number of methoxy groups -OCH3 is 6. The maximum absolute atomic E-state index is 13.0. The van der Waals surface area contributed by atoms with E-state index in [0.29, 0.717) is 60.2 Å². The van der Waals surface area contributed by atoms with Gasteiger partial charge in [0.1, 0.15) is 11.3 Å². The van der Waals surface area contributed by atoms with Crippen molar-refractivity contribution in [3.63, 3.8) is 0 Å². The van der Waals surface area contributed by atoms with Crippen LogP contribution in [0.2, 0.25) is 0 Å². The SMILES string of the molecule is C.CCCCc1cc(C)c(C(=O)OC)c(OCOC)c1.CCCCc1cc(C[Se]c2ccccc2)c(C(=O)OC)c(OCOC)c1.CCCCc1cc(OCOC)c(C(=O)OC)c(C([Se]c2ccccc2)[Se]c2ccccc2)c1.c1ccc([Se][Se]c2ccccc2)cc1. The summed E-state index contributed by atoms with van der Waals surface area (Å²) in [6.07, 6.45) is 9.53. The summed E-state index contributed by atoms with van der Waals surface area (Å²) in [5, 5.41) is 0.810. The number of hydrogen-bond acceptors (Lipinski definition) is 12. The van der Waals surface area contributed by atoms with Gasteiger partial charge in [-0.2, -0.15) is 0 Å². The molecule has 0 spiro atoms. The standard InChI is InChI=1S/C27H30O4Se2.C21H26O4Se.C15H22O4.C12H10Se2.CH4/c1-4-5-12-20-17-23(25(26(28)30-3)24(18-20)31-19-29-2)27(32-21-13-8-6-9-14-21)33-22-15-10-7-11-16-22;1-4-5-9-16-12-17(14-26-18-10-7-6-8-11-18)20(21(22)24-3)19(13-16)25-15-23-2;1-5-6-7-12-8-11(2)14(15(16)18-4)13(9-12)19-10-17-3;1-3-7-11(8-4-1)13-14-12-9-5-2-6-10-12;/h6-11,13-18,27H,4-5,12,19H2,1-3H3;6-8,10-13H,4-5,9,14-15H2,1-3H3;8-9H,5-7,10H2,1-4H3;1-10H;1H4. The number of unbranched alkanes of at least 4 members (excludes halogenated alkanes) is 3. The second kappa shape index (κ2) is 47.0. The molecule has 498 valence electrons. The van der Waals surface area contributed by atoms with Crippen LogP contribution in [0.15, 0.2) is 188 Å². The molecule has 8 aromatic rings. The number of benzene rings is 8. The second-order valence-electron chi connectivity index (χ2n) is 20.5. The van der Waals surface area contributed by atoms with Crippen LogP contribution in [0.5, 0.6) is 17.2 Å². The monoisotopic (exact) mass is 1600 g/mol. The Hall–Kier alpha value is -5.95. The Labute approximate surface area is 584 Å². The first-order valence-electron chi connectivity index (χ1n) is 30.6. The number of esters is 3. The molecule has 0 saturated heterocycles. The minimum atomic E-state index is -0.384. The quantitative estimate of drug-likeness (QED) is 0.0172. The van der Waals surface area contributed by atoms with Crippen molar-refractivity contribution in [3.05, 3.63) is 238 Å². The zero-order valence-electron chi connectivity index (χ0n) is 54.6. The van der Waals surface area contributed by atoms with Crippen LogP contribution >= 0.6 is 0 Å². The zero-order chi connectivity index (χ0) is 66.1. The van der Waals surface area contributed by atoms with E-state index in [1.54, 1.807) is 21.3 Å². The van der Waals surface area contributed by atoms with Gasteiger partial charge < -0.3 is 14.2 Å². The number of ether oxygens (including phenoxy) is 9. The Morgan fingerprint density at radius 1 is 0.398 bits per heavy atom. The summed E-state index contributed by atoms with van der Waals surface area (Å²) in [7, 11) is 8.90. The Morgan fingerprint density at radius 2 is 0.731 bits per heavy atom. The summed E-state index contributed by atoms with van der Waals surface area (Å²) >= 11 is 1.75. The van der Waals surface area contributed by atoms with Crippen molar-refractivity contribution in [1.29, 1.82) is 0 Å². The van der Waals surface area contributed by atoms with Crippen LogP contribution in [0.4, 0.5) is 0 Å². The van der Waals surface area contributed by atoms with Crippen molar-refractivity contribution in [2.24, 2.45) is 0 Å². The molecule has 0 aliphatic heterocycles. The molecule has 0 fully saturated rings. The third kappa shape index (κ3) is 28.5. The summed E-state index contributed by atoms with van der Waals surface area (Å²) in [4.78, 5) is 37.2. The van der Waals surface area contributed by atoms with Crippen LogP contribution in [0.3, 0.4) is 0 Å². The van der Waals surface area contributed by atoms with E-state index in [2.05, 4.69) is 154 Å². The van der Waals surface area contributed by atoms with Gasteiger partial charge in [0.05, 0.1) is 7.11 Å². The predicted molar refractivity (Wildman–Crippen MR) is 384 cm³/mol. The van der Waals surface area contributed by atoms with Gasteiger partial charge in [-0.3, -0.25) is 0 Å². The van der Waals surface area contributed by atoms with Crippen molar-refractivity contribution >= 4 is 111 Å². The van der Waals surface area contributed by atoms with Gasteiger partial charge in [0.2, 0.25) is 0 Å². The van der Waals surface area contributed by atoms with E-state index < -0.39 is 0 Å². The molecule has 0 unspecified atom stereocenters. The molecule has 8 aromatic carbocycles. The molecule has 8 rings (SSSR count). The molecule has 0 radical (unpaired) electrons. The first-order valence-corrected chi connectivity index (χ1v) is 42.4. The summed E-state index contributed by atoms with van der Waals surface area (Å²) in [6.45, 7) is 8.69. The molecule has 0 N–H and O–H groups in total. The third-order valence-electron chi connectivity index (χ3n) is 13.5. The zero-order valence-corrected chi connectivity index (χ0v) is 63.2. The second-order valence-corrected chi connectivity index (χ2v) is 35.5. The molecule has 0 heterocycles.